The van der Waals surface area contributed by atoms with E-state index >= 15 is 4.39 Å². The molecule has 9 nitrogen and oxygen atoms in total. The molecular formula is C35H39F6N7O2S. The Morgan fingerprint density at radius 2 is 1.92 bits per heavy atom. The molecule has 2 aromatic carbocycles. The fourth-order valence-electron chi connectivity index (χ4n) is 7.02. The lowest BCUT2D eigenvalue weighted by Crippen LogP contribution is -2.31. The summed E-state index contributed by atoms with van der Waals surface area (Å²) in [7, 11) is 1.23. The SMILES string of the molecule is CC(=O)N1CCCC1C.CCNc1nc(OC)nc2c(F)c(-c3ccc(F)c4sc(N)c(C#N)c34)c(C(F)(F)F)cc12.FC1CC2CCCN2C1. The zero-order valence-electron chi connectivity index (χ0n) is 28.6. The second kappa shape index (κ2) is 15.5. The maximum absolute atomic E-state index is 15.9. The number of aromatic nitrogens is 2. The molecule has 4 aromatic rings. The van der Waals surface area contributed by atoms with Crippen LogP contribution in [0.5, 0.6) is 6.01 Å². The summed E-state index contributed by atoms with van der Waals surface area (Å²) in [4.78, 5) is 22.9. The van der Waals surface area contributed by atoms with Crippen LogP contribution in [0, 0.1) is 23.0 Å². The number of amides is 1. The lowest BCUT2D eigenvalue weighted by molar-refractivity contribution is -0.137. The summed E-state index contributed by atoms with van der Waals surface area (Å²) in [6.07, 6.45) is 0.177. The topological polar surface area (TPSA) is 120 Å². The van der Waals surface area contributed by atoms with Gasteiger partial charge in [-0.15, -0.1) is 11.3 Å². The summed E-state index contributed by atoms with van der Waals surface area (Å²) in [5, 5.41) is 11.8. The van der Waals surface area contributed by atoms with E-state index in [1.807, 2.05) is 4.90 Å². The minimum absolute atomic E-state index is 0.0444. The molecule has 0 aliphatic carbocycles. The Morgan fingerprint density at radius 1 is 1.20 bits per heavy atom. The number of thiophene rings is 1. The molecule has 0 saturated carbocycles. The summed E-state index contributed by atoms with van der Waals surface area (Å²) in [5.74, 6) is -1.93. The molecule has 3 N–H and O–H groups in total. The van der Waals surface area contributed by atoms with Crippen LogP contribution in [0.1, 0.15) is 64.0 Å². The summed E-state index contributed by atoms with van der Waals surface area (Å²) in [6.45, 7) is 8.55. The Hall–Kier alpha value is -4.36. The van der Waals surface area contributed by atoms with Gasteiger partial charge in [0.15, 0.2) is 5.82 Å². The predicted octanol–water partition coefficient (Wildman–Crippen LogP) is 7.91. The number of rotatable bonds is 4. The number of nitriles is 1. The third kappa shape index (κ3) is 7.79. The number of methoxy groups -OCH3 is 1. The fraction of sp³-hybridized carbons (Fsp3) is 0.486. The van der Waals surface area contributed by atoms with Gasteiger partial charge < -0.3 is 20.7 Å². The second-order valence-electron chi connectivity index (χ2n) is 12.7. The molecule has 7 rings (SSSR count). The molecule has 51 heavy (non-hydrogen) atoms. The third-order valence-electron chi connectivity index (χ3n) is 9.36. The van der Waals surface area contributed by atoms with E-state index in [1.165, 1.54) is 32.8 Å². The van der Waals surface area contributed by atoms with Crippen LogP contribution in [0.2, 0.25) is 0 Å². The highest BCUT2D eigenvalue weighted by Gasteiger charge is 2.38. The first-order valence-corrected chi connectivity index (χ1v) is 17.5. The number of anilines is 2. The highest BCUT2D eigenvalue weighted by Crippen LogP contribution is 2.47. The Labute approximate surface area is 295 Å². The van der Waals surface area contributed by atoms with Gasteiger partial charge in [-0.1, -0.05) is 6.07 Å². The van der Waals surface area contributed by atoms with E-state index in [1.54, 1.807) is 19.9 Å². The number of alkyl halides is 4. The van der Waals surface area contributed by atoms with Gasteiger partial charge >= 0.3 is 12.2 Å². The molecule has 0 spiro atoms. The summed E-state index contributed by atoms with van der Waals surface area (Å²) in [5.41, 5.74) is 2.59. The van der Waals surface area contributed by atoms with Crippen LogP contribution in [-0.2, 0) is 11.0 Å². The van der Waals surface area contributed by atoms with Crippen molar-refractivity contribution in [2.24, 2.45) is 0 Å². The first-order valence-electron chi connectivity index (χ1n) is 16.7. The first kappa shape index (κ1) is 37.9. The molecule has 5 heterocycles. The van der Waals surface area contributed by atoms with Crippen LogP contribution < -0.4 is 15.8 Å². The van der Waals surface area contributed by atoms with E-state index < -0.39 is 40.6 Å². The van der Waals surface area contributed by atoms with Crippen LogP contribution >= 0.6 is 11.3 Å². The lowest BCUT2D eigenvalue weighted by Gasteiger charge is -2.18. The monoisotopic (exact) mass is 735 g/mol. The van der Waals surface area contributed by atoms with E-state index in [0.29, 0.717) is 30.0 Å². The molecule has 16 heteroatoms. The number of hydrogen-bond acceptors (Lipinski definition) is 9. The van der Waals surface area contributed by atoms with Gasteiger partial charge in [-0.3, -0.25) is 9.69 Å². The molecule has 2 aromatic heterocycles. The number of hydrogen-bond donors (Lipinski definition) is 2. The van der Waals surface area contributed by atoms with Gasteiger partial charge in [0, 0.05) is 55.0 Å². The van der Waals surface area contributed by atoms with E-state index in [2.05, 4.69) is 27.1 Å². The van der Waals surface area contributed by atoms with Crippen LogP contribution in [0.25, 0.3) is 32.1 Å². The van der Waals surface area contributed by atoms with Gasteiger partial charge in [0.1, 0.15) is 34.4 Å². The van der Waals surface area contributed by atoms with Crippen molar-refractivity contribution in [3.8, 4) is 23.2 Å². The number of fused-ring (bicyclic) bond motifs is 3. The molecule has 0 bridgehead atoms. The largest absolute Gasteiger partial charge is 0.467 e. The zero-order valence-corrected chi connectivity index (χ0v) is 29.5. The lowest BCUT2D eigenvalue weighted by atomic mass is 9.92. The van der Waals surface area contributed by atoms with Gasteiger partial charge in [-0.25, -0.2) is 13.2 Å². The van der Waals surface area contributed by atoms with Crippen molar-refractivity contribution >= 4 is 49.1 Å². The second-order valence-corrected chi connectivity index (χ2v) is 13.7. The Bertz CT molecular complexity index is 1950. The van der Waals surface area contributed by atoms with Crippen molar-refractivity contribution in [1.29, 1.82) is 5.26 Å². The summed E-state index contributed by atoms with van der Waals surface area (Å²) < 4.78 is 90.2. The number of ether oxygens (including phenoxy) is 1. The standard InChI is InChI=1S/C21H14F5N5OS.C7H12FN.C7H13NO/c1-3-29-19-9-6-11(21(24,25)26)14(15(23)16(9)30-20(31-19)32-2)8-4-5-12(22)17-13(8)10(7-27)18(28)33-17;8-6-4-7-2-1-3-9(7)5-6;1-6-4-3-5-8(6)7(2)9/h4-6H,3,28H2,1-2H3,(H,29,30,31);6-7H,1-5H2;6H,3-5H2,1-2H3. The number of nitrogen functional groups attached to an aromatic ring is 1. The van der Waals surface area contributed by atoms with Gasteiger partial charge in [0.2, 0.25) is 5.91 Å². The zero-order chi connectivity index (χ0) is 37.2. The van der Waals surface area contributed by atoms with Crippen LogP contribution in [0.4, 0.5) is 37.2 Å². The number of halogens is 6. The van der Waals surface area contributed by atoms with Crippen molar-refractivity contribution in [3.63, 3.8) is 0 Å². The highest BCUT2D eigenvalue weighted by atomic mass is 32.1. The van der Waals surface area contributed by atoms with Gasteiger partial charge in [0.05, 0.1) is 22.9 Å². The van der Waals surface area contributed by atoms with Crippen molar-refractivity contribution in [1.82, 2.24) is 19.8 Å². The van der Waals surface area contributed by atoms with Crippen LogP contribution in [0.15, 0.2) is 18.2 Å². The van der Waals surface area contributed by atoms with Crippen molar-refractivity contribution in [3.05, 3.63) is 41.0 Å². The predicted molar refractivity (Wildman–Crippen MR) is 185 cm³/mol. The molecule has 3 fully saturated rings. The maximum atomic E-state index is 15.9. The van der Waals surface area contributed by atoms with E-state index in [-0.39, 0.29) is 55.9 Å². The molecule has 3 saturated heterocycles. The van der Waals surface area contributed by atoms with E-state index in [9.17, 15) is 32.0 Å². The van der Waals surface area contributed by atoms with Crippen molar-refractivity contribution in [2.45, 2.75) is 77.3 Å². The molecule has 0 radical (unpaired) electrons. The molecule has 3 unspecified atom stereocenters. The molecule has 3 atom stereocenters. The average molecular weight is 736 g/mol. The number of benzene rings is 2. The minimum Gasteiger partial charge on any atom is -0.467 e. The number of nitrogens with two attached hydrogens (primary N) is 1. The summed E-state index contributed by atoms with van der Waals surface area (Å²) >= 11 is 0.698. The Balaban J connectivity index is 0.000000225. The molecular weight excluding hydrogens is 696 g/mol. The Morgan fingerprint density at radius 3 is 2.49 bits per heavy atom. The normalized spacial score (nSPS) is 20.0. The number of nitrogens with one attached hydrogen (secondary N) is 1. The van der Waals surface area contributed by atoms with E-state index in [0.717, 1.165) is 37.7 Å². The molecule has 274 valence electrons. The van der Waals surface area contributed by atoms with Gasteiger partial charge in [0.25, 0.3) is 0 Å². The fourth-order valence-corrected chi connectivity index (χ4v) is 7.97. The van der Waals surface area contributed by atoms with Gasteiger partial charge in [-0.2, -0.15) is 28.4 Å². The first-order chi connectivity index (χ1) is 24.2. The maximum Gasteiger partial charge on any atom is 0.417 e. The van der Waals surface area contributed by atoms with Crippen molar-refractivity contribution in [2.75, 3.05) is 44.3 Å². The number of carbonyl (C=O) groups excluding carboxylic acids is 1. The number of carbonyl (C=O) groups is 1. The van der Waals surface area contributed by atoms with Crippen LogP contribution in [-0.4, -0.2) is 77.2 Å². The quantitative estimate of drug-likeness (QED) is 0.203. The molecule has 1 amide bonds. The number of likely N-dealkylation sites (tertiary alicyclic amines) is 1. The summed E-state index contributed by atoms with van der Waals surface area (Å²) in [6, 6.07) is 5.24. The minimum atomic E-state index is -5.00. The van der Waals surface area contributed by atoms with E-state index in [4.69, 9.17) is 10.5 Å². The number of nitrogens with zero attached hydrogens (tertiary/aromatic N) is 5. The van der Waals surface area contributed by atoms with Crippen LogP contribution in [0.3, 0.4) is 0 Å². The smallest absolute Gasteiger partial charge is 0.417 e. The Kier molecular flexibility index (Phi) is 11.5. The molecule has 3 aliphatic rings. The highest BCUT2D eigenvalue weighted by molar-refractivity contribution is 7.23. The van der Waals surface area contributed by atoms with Crippen molar-refractivity contribution < 1.29 is 35.9 Å². The average Bonchev–Trinajstić information content (AvgIpc) is 3.86. The molecule has 3 aliphatic heterocycles. The van der Waals surface area contributed by atoms with Gasteiger partial charge in [-0.05, 0) is 70.2 Å². The third-order valence-corrected chi connectivity index (χ3v) is 10.4.